The highest BCUT2D eigenvalue weighted by Gasteiger charge is 2.30. The maximum absolute atomic E-state index is 13.2. The summed E-state index contributed by atoms with van der Waals surface area (Å²) in [7, 11) is 6.09. The molecule has 0 fully saturated rings. The van der Waals surface area contributed by atoms with Gasteiger partial charge in [0, 0.05) is 12.5 Å². The second-order valence-electron chi connectivity index (χ2n) is 9.87. The Morgan fingerprint density at radius 2 is 1.66 bits per heavy atom. The van der Waals surface area contributed by atoms with Gasteiger partial charge < -0.3 is 28.4 Å². The summed E-state index contributed by atoms with van der Waals surface area (Å²) in [4.78, 5) is 37.4. The van der Waals surface area contributed by atoms with E-state index in [9.17, 15) is 14.4 Å². The molecule has 3 aromatic carbocycles. The van der Waals surface area contributed by atoms with Crippen LogP contribution < -0.4 is 29.1 Å². The molecule has 1 heterocycles. The number of carbonyl (C=O) groups excluding carboxylic acids is 2. The Balaban J connectivity index is 1.52. The molecule has 0 aliphatic heterocycles. The summed E-state index contributed by atoms with van der Waals surface area (Å²) in [6.45, 7) is 1.07. The molecular weight excluding hydrogens is 570 g/mol. The van der Waals surface area contributed by atoms with Crippen LogP contribution in [0.1, 0.15) is 46.6 Å². The van der Waals surface area contributed by atoms with Crippen LogP contribution >= 0.6 is 0 Å². The van der Waals surface area contributed by atoms with Crippen LogP contribution in [-0.2, 0) is 22.6 Å². The van der Waals surface area contributed by atoms with Crippen molar-refractivity contribution < 1.29 is 38.0 Å². The Bertz CT molecular complexity index is 1780. The van der Waals surface area contributed by atoms with Crippen LogP contribution in [0.5, 0.6) is 28.7 Å². The Morgan fingerprint density at radius 3 is 2.36 bits per heavy atom. The van der Waals surface area contributed by atoms with Gasteiger partial charge in [-0.2, -0.15) is 0 Å². The molecule has 1 aliphatic rings. The molecule has 0 bridgehead atoms. The number of aromatic nitrogens is 3. The number of rotatable bonds is 9. The minimum absolute atomic E-state index is 0.101. The van der Waals surface area contributed by atoms with Crippen molar-refractivity contribution in [2.24, 2.45) is 0 Å². The zero-order valence-electron chi connectivity index (χ0n) is 24.9. The van der Waals surface area contributed by atoms with Gasteiger partial charge in [-0.3, -0.25) is 9.59 Å². The Labute approximate surface area is 253 Å². The lowest BCUT2D eigenvalue weighted by Crippen LogP contribution is -2.13. The normalized spacial score (nSPS) is 13.5. The monoisotopic (exact) mass is 601 g/mol. The summed E-state index contributed by atoms with van der Waals surface area (Å²) in [5, 5.41) is 8.57. The van der Waals surface area contributed by atoms with Gasteiger partial charge in [0.1, 0.15) is 23.6 Å². The van der Waals surface area contributed by atoms with E-state index in [1.807, 2.05) is 12.1 Å². The number of hydrogen-bond acceptors (Lipinski definition) is 11. The average molecular weight is 602 g/mol. The van der Waals surface area contributed by atoms with Gasteiger partial charge in [-0.25, -0.2) is 9.48 Å². The highest BCUT2D eigenvalue weighted by Crippen LogP contribution is 2.50. The van der Waals surface area contributed by atoms with Gasteiger partial charge in [-0.05, 0) is 59.9 Å². The first-order chi connectivity index (χ1) is 21.3. The molecule has 0 N–H and O–H groups in total. The molecule has 5 rings (SSSR count). The molecule has 44 heavy (non-hydrogen) atoms. The van der Waals surface area contributed by atoms with Crippen LogP contribution in [0.2, 0.25) is 0 Å². The number of benzene rings is 2. The third kappa shape index (κ3) is 5.78. The zero-order valence-corrected chi connectivity index (χ0v) is 24.9. The third-order valence-corrected chi connectivity index (χ3v) is 7.28. The van der Waals surface area contributed by atoms with Crippen LogP contribution in [0.25, 0.3) is 11.1 Å². The molecule has 12 nitrogen and oxygen atoms in total. The first-order valence-corrected chi connectivity index (χ1v) is 13.7. The predicted molar refractivity (Wildman–Crippen MR) is 158 cm³/mol. The van der Waals surface area contributed by atoms with Crippen molar-refractivity contribution in [3.63, 3.8) is 0 Å². The molecular formula is C32H31N3O9. The summed E-state index contributed by atoms with van der Waals surface area (Å²) in [6.07, 6.45) is 2.79. The number of fused-ring (bicyclic) bond motifs is 3. The van der Waals surface area contributed by atoms with Crippen molar-refractivity contribution in [3.8, 4) is 39.9 Å². The molecule has 12 heteroatoms. The second-order valence-corrected chi connectivity index (χ2v) is 9.87. The van der Waals surface area contributed by atoms with Gasteiger partial charge in [-0.15, -0.1) is 5.10 Å². The number of aryl methyl sites for hydroxylation is 1. The summed E-state index contributed by atoms with van der Waals surface area (Å²) in [5.41, 5.74) is 3.28. The SMILES string of the molecule is COc1cc2c(c(OC)c1OC)-c1ccc(OC)c(=O)cc1[C@@H](n1cc(COC(=O)c3ccccc3OC(C)=O)nn1)CC2. The maximum Gasteiger partial charge on any atom is 0.342 e. The fourth-order valence-corrected chi connectivity index (χ4v) is 5.35. The van der Waals surface area contributed by atoms with Crippen molar-refractivity contribution in [2.45, 2.75) is 32.4 Å². The quantitative estimate of drug-likeness (QED) is 0.202. The molecule has 0 saturated carbocycles. The molecule has 0 amide bonds. The lowest BCUT2D eigenvalue weighted by molar-refractivity contribution is -0.131. The topological polar surface area (TPSA) is 137 Å². The molecule has 0 radical (unpaired) electrons. The number of methoxy groups -OCH3 is 4. The van der Waals surface area contributed by atoms with Gasteiger partial charge >= 0.3 is 11.9 Å². The minimum Gasteiger partial charge on any atom is -0.493 e. The first kappa shape index (κ1) is 30.1. The fourth-order valence-electron chi connectivity index (χ4n) is 5.35. The molecule has 1 aromatic heterocycles. The second kappa shape index (κ2) is 12.9. The van der Waals surface area contributed by atoms with Crippen LogP contribution in [0.15, 0.2) is 59.5 Å². The van der Waals surface area contributed by atoms with Gasteiger partial charge in [0.2, 0.25) is 11.2 Å². The zero-order chi connectivity index (χ0) is 31.4. The summed E-state index contributed by atoms with van der Waals surface area (Å²) in [5.74, 6) is 0.464. The molecule has 0 unspecified atom stereocenters. The van der Waals surface area contributed by atoms with E-state index in [0.29, 0.717) is 41.3 Å². The highest BCUT2D eigenvalue weighted by molar-refractivity contribution is 5.93. The van der Waals surface area contributed by atoms with Crippen LogP contribution in [0, 0.1) is 0 Å². The van der Waals surface area contributed by atoms with Crippen LogP contribution in [-0.4, -0.2) is 55.4 Å². The predicted octanol–water partition coefficient (Wildman–Crippen LogP) is 4.16. The van der Waals surface area contributed by atoms with E-state index >= 15 is 0 Å². The van der Waals surface area contributed by atoms with E-state index < -0.39 is 18.0 Å². The van der Waals surface area contributed by atoms with E-state index in [1.54, 1.807) is 43.3 Å². The number of nitrogens with zero attached hydrogens (tertiary/aromatic N) is 3. The Morgan fingerprint density at radius 1 is 0.909 bits per heavy atom. The van der Waals surface area contributed by atoms with E-state index in [2.05, 4.69) is 10.3 Å². The molecule has 4 aromatic rings. The van der Waals surface area contributed by atoms with E-state index in [0.717, 1.165) is 16.7 Å². The van der Waals surface area contributed by atoms with Crippen molar-refractivity contribution >= 4 is 11.9 Å². The lowest BCUT2D eigenvalue weighted by Gasteiger charge is -2.19. The van der Waals surface area contributed by atoms with Gasteiger partial charge in [-0.1, -0.05) is 23.4 Å². The number of para-hydroxylation sites is 1. The summed E-state index contributed by atoms with van der Waals surface area (Å²) < 4.78 is 34.7. The highest BCUT2D eigenvalue weighted by atomic mass is 16.6. The molecule has 228 valence electrons. The first-order valence-electron chi connectivity index (χ1n) is 13.7. The van der Waals surface area contributed by atoms with E-state index in [-0.39, 0.29) is 29.1 Å². The smallest absolute Gasteiger partial charge is 0.342 e. The van der Waals surface area contributed by atoms with Gasteiger partial charge in [0.05, 0.1) is 40.7 Å². The maximum atomic E-state index is 13.2. The Kier molecular flexibility index (Phi) is 8.79. The number of esters is 2. The minimum atomic E-state index is -0.684. The molecule has 1 aliphatic carbocycles. The van der Waals surface area contributed by atoms with E-state index in [1.165, 1.54) is 39.3 Å². The average Bonchev–Trinajstić information content (AvgIpc) is 3.36. The number of hydrogen-bond donors (Lipinski definition) is 0. The summed E-state index contributed by atoms with van der Waals surface area (Å²) >= 11 is 0. The van der Waals surface area contributed by atoms with Crippen LogP contribution in [0.4, 0.5) is 0 Å². The van der Waals surface area contributed by atoms with Gasteiger partial charge in [0.15, 0.2) is 17.2 Å². The summed E-state index contributed by atoms with van der Waals surface area (Å²) in [6, 6.07) is 12.8. The fraction of sp³-hybridized carbons (Fsp3) is 0.281. The van der Waals surface area contributed by atoms with Crippen molar-refractivity contribution in [3.05, 3.63) is 87.3 Å². The lowest BCUT2D eigenvalue weighted by atomic mass is 9.95. The Hall–Kier alpha value is -5.39. The third-order valence-electron chi connectivity index (χ3n) is 7.28. The molecule has 0 spiro atoms. The molecule has 1 atom stereocenters. The molecule has 0 saturated heterocycles. The standard InChI is InChI=1S/C32H31N3O9/c1-18(36)44-26-9-7-6-8-22(26)32(38)43-17-20-16-35(34-33-20)24-12-10-19-14-28(40-3)30(41-4)31(42-5)29(19)21-11-13-27(39-2)25(37)15-23(21)24/h6-9,11,13-16,24H,10,12,17H2,1-5H3/t24-/m0/s1. The van der Waals surface area contributed by atoms with Crippen molar-refractivity contribution in [1.82, 2.24) is 15.0 Å². The number of carbonyl (C=O) groups is 2. The van der Waals surface area contributed by atoms with E-state index in [4.69, 9.17) is 28.4 Å². The largest absolute Gasteiger partial charge is 0.493 e. The van der Waals surface area contributed by atoms with Gasteiger partial charge in [0.25, 0.3) is 0 Å². The van der Waals surface area contributed by atoms with Crippen molar-refractivity contribution in [2.75, 3.05) is 28.4 Å². The van der Waals surface area contributed by atoms with Crippen molar-refractivity contribution in [1.29, 1.82) is 0 Å². The number of ether oxygens (including phenoxy) is 6. The van der Waals surface area contributed by atoms with Crippen LogP contribution in [0.3, 0.4) is 0 Å².